The summed E-state index contributed by atoms with van der Waals surface area (Å²) in [5, 5.41) is 6.78. The number of piperazine rings is 1. The second-order valence-electron chi connectivity index (χ2n) is 6.39. The van der Waals surface area contributed by atoms with Crippen LogP contribution in [-0.2, 0) is 6.54 Å². The fourth-order valence-corrected chi connectivity index (χ4v) is 2.99. The number of guanidine groups is 1. The predicted molar refractivity (Wildman–Crippen MR) is 94.7 cm³/mol. The average Bonchev–Trinajstić information content (AvgIpc) is 3.05. The van der Waals surface area contributed by atoms with Gasteiger partial charge in [-0.2, -0.15) is 0 Å². The van der Waals surface area contributed by atoms with Gasteiger partial charge in [-0.15, -0.1) is 0 Å². The number of ether oxygens (including phenoxy) is 2. The molecule has 1 aromatic carbocycles. The molecule has 1 aromatic rings. The Morgan fingerprint density at radius 3 is 2.88 bits per heavy atom. The van der Waals surface area contributed by atoms with Crippen molar-refractivity contribution in [2.45, 2.75) is 12.6 Å². The molecule has 132 valence electrons. The third kappa shape index (κ3) is 4.10. The summed E-state index contributed by atoms with van der Waals surface area (Å²) in [5.41, 5.74) is 1.14. The first-order valence-corrected chi connectivity index (χ1v) is 8.37. The van der Waals surface area contributed by atoms with Crippen molar-refractivity contribution in [3.05, 3.63) is 23.8 Å². The Hall–Kier alpha value is -1.99. The van der Waals surface area contributed by atoms with E-state index in [2.05, 4.69) is 39.5 Å². The van der Waals surface area contributed by atoms with E-state index in [1.165, 1.54) is 0 Å². The zero-order chi connectivity index (χ0) is 16.9. The average molecular weight is 333 g/mol. The molecule has 0 radical (unpaired) electrons. The van der Waals surface area contributed by atoms with Gasteiger partial charge in [0.15, 0.2) is 17.5 Å². The van der Waals surface area contributed by atoms with E-state index in [1.807, 2.05) is 18.2 Å². The highest BCUT2D eigenvalue weighted by Crippen LogP contribution is 2.32. The molecule has 1 unspecified atom stereocenters. The highest BCUT2D eigenvalue weighted by atomic mass is 16.7. The van der Waals surface area contributed by atoms with E-state index in [9.17, 15) is 0 Å². The molecule has 0 bridgehead atoms. The van der Waals surface area contributed by atoms with Gasteiger partial charge in [0.05, 0.1) is 0 Å². The van der Waals surface area contributed by atoms with Crippen molar-refractivity contribution in [1.82, 2.24) is 20.4 Å². The number of hydrogen-bond donors (Lipinski definition) is 2. The highest BCUT2D eigenvalue weighted by molar-refractivity contribution is 5.79. The van der Waals surface area contributed by atoms with E-state index >= 15 is 0 Å². The normalized spacial score (nSPS) is 21.8. The molecule has 0 amide bonds. The minimum Gasteiger partial charge on any atom is -0.454 e. The molecule has 1 fully saturated rings. The summed E-state index contributed by atoms with van der Waals surface area (Å²) in [7, 11) is 6.15. The molecule has 0 spiro atoms. The molecule has 2 N–H and O–H groups in total. The Balaban J connectivity index is 1.48. The Morgan fingerprint density at radius 1 is 1.21 bits per heavy atom. The topological polar surface area (TPSA) is 61.4 Å². The fourth-order valence-electron chi connectivity index (χ4n) is 2.99. The van der Waals surface area contributed by atoms with Crippen molar-refractivity contribution in [2.75, 3.05) is 54.1 Å². The number of aliphatic imine (C=N–C) groups is 1. The lowest BCUT2D eigenvalue weighted by molar-refractivity contribution is 0.116. The van der Waals surface area contributed by atoms with Gasteiger partial charge < -0.3 is 25.0 Å². The van der Waals surface area contributed by atoms with Crippen LogP contribution in [0.25, 0.3) is 0 Å². The van der Waals surface area contributed by atoms with Crippen LogP contribution in [0, 0.1) is 0 Å². The SMILES string of the molecule is CN=C(NCc1ccc2c(c1)OCO2)NCC1CN(C)CCN1C. The molecule has 0 aliphatic carbocycles. The van der Waals surface area contributed by atoms with E-state index in [0.717, 1.165) is 49.2 Å². The van der Waals surface area contributed by atoms with Crippen LogP contribution in [0.15, 0.2) is 23.2 Å². The first kappa shape index (κ1) is 16.9. The van der Waals surface area contributed by atoms with Gasteiger partial charge in [-0.05, 0) is 31.8 Å². The predicted octanol–water partition coefficient (Wildman–Crippen LogP) is 0.326. The van der Waals surface area contributed by atoms with Crippen LogP contribution in [0.3, 0.4) is 0 Å². The van der Waals surface area contributed by atoms with Crippen molar-refractivity contribution in [2.24, 2.45) is 4.99 Å². The number of hydrogen-bond acceptors (Lipinski definition) is 5. The van der Waals surface area contributed by atoms with Crippen LogP contribution in [0.5, 0.6) is 11.5 Å². The number of fused-ring (bicyclic) bond motifs is 1. The Labute approximate surface area is 143 Å². The molecule has 0 aromatic heterocycles. The van der Waals surface area contributed by atoms with Gasteiger partial charge in [0.2, 0.25) is 6.79 Å². The fraction of sp³-hybridized carbons (Fsp3) is 0.588. The zero-order valence-electron chi connectivity index (χ0n) is 14.7. The van der Waals surface area contributed by atoms with Crippen molar-refractivity contribution >= 4 is 5.96 Å². The van der Waals surface area contributed by atoms with E-state index < -0.39 is 0 Å². The molecular weight excluding hydrogens is 306 g/mol. The van der Waals surface area contributed by atoms with Crippen LogP contribution in [0.1, 0.15) is 5.56 Å². The molecule has 1 atom stereocenters. The van der Waals surface area contributed by atoms with Gasteiger partial charge in [0.1, 0.15) is 0 Å². The summed E-state index contributed by atoms with van der Waals surface area (Å²) < 4.78 is 10.8. The van der Waals surface area contributed by atoms with Gasteiger partial charge in [0.25, 0.3) is 0 Å². The van der Waals surface area contributed by atoms with Crippen LogP contribution in [-0.4, -0.2) is 75.9 Å². The first-order chi connectivity index (χ1) is 11.7. The number of rotatable bonds is 4. The van der Waals surface area contributed by atoms with Crippen molar-refractivity contribution in [1.29, 1.82) is 0 Å². The van der Waals surface area contributed by atoms with E-state index in [1.54, 1.807) is 7.05 Å². The zero-order valence-corrected chi connectivity index (χ0v) is 14.7. The van der Waals surface area contributed by atoms with Gasteiger partial charge in [-0.3, -0.25) is 9.89 Å². The van der Waals surface area contributed by atoms with Crippen LogP contribution >= 0.6 is 0 Å². The Kier molecular flexibility index (Phi) is 5.42. The molecule has 2 heterocycles. The van der Waals surface area contributed by atoms with Crippen molar-refractivity contribution in [3.63, 3.8) is 0 Å². The van der Waals surface area contributed by atoms with Crippen LogP contribution in [0.2, 0.25) is 0 Å². The maximum absolute atomic E-state index is 5.41. The van der Waals surface area contributed by atoms with Gasteiger partial charge in [-0.1, -0.05) is 6.07 Å². The molecule has 7 heteroatoms. The number of nitrogens with zero attached hydrogens (tertiary/aromatic N) is 3. The third-order valence-electron chi connectivity index (χ3n) is 4.61. The minimum absolute atomic E-state index is 0.304. The quantitative estimate of drug-likeness (QED) is 0.612. The Bertz CT molecular complexity index is 592. The summed E-state index contributed by atoms with van der Waals surface area (Å²) in [6.45, 7) is 5.18. The first-order valence-electron chi connectivity index (χ1n) is 8.37. The third-order valence-corrected chi connectivity index (χ3v) is 4.61. The number of nitrogens with one attached hydrogen (secondary N) is 2. The van der Waals surface area contributed by atoms with E-state index in [-0.39, 0.29) is 0 Å². The Morgan fingerprint density at radius 2 is 2.04 bits per heavy atom. The van der Waals surface area contributed by atoms with Gasteiger partial charge >= 0.3 is 0 Å². The summed E-state index contributed by atoms with van der Waals surface area (Å²) >= 11 is 0. The molecule has 24 heavy (non-hydrogen) atoms. The standard InChI is InChI=1S/C17H27N5O2/c1-18-17(20-10-14-11-21(2)6-7-22(14)3)19-9-13-4-5-15-16(8-13)24-12-23-15/h4-5,8,14H,6-7,9-12H2,1-3H3,(H2,18,19,20). The summed E-state index contributed by atoms with van der Waals surface area (Å²) in [6, 6.07) is 6.49. The highest BCUT2D eigenvalue weighted by Gasteiger charge is 2.22. The van der Waals surface area contributed by atoms with E-state index in [0.29, 0.717) is 19.4 Å². The smallest absolute Gasteiger partial charge is 0.231 e. The lowest BCUT2D eigenvalue weighted by atomic mass is 10.2. The molecule has 2 aliphatic heterocycles. The molecule has 1 saturated heterocycles. The molecule has 3 rings (SSSR count). The molecule has 7 nitrogen and oxygen atoms in total. The van der Waals surface area contributed by atoms with Crippen LogP contribution < -0.4 is 20.1 Å². The van der Waals surface area contributed by atoms with E-state index in [4.69, 9.17) is 9.47 Å². The maximum Gasteiger partial charge on any atom is 0.231 e. The summed E-state index contributed by atoms with van der Waals surface area (Å²) in [4.78, 5) is 9.08. The van der Waals surface area contributed by atoms with Crippen molar-refractivity contribution in [3.8, 4) is 11.5 Å². The largest absolute Gasteiger partial charge is 0.454 e. The molecule has 0 saturated carbocycles. The monoisotopic (exact) mass is 333 g/mol. The summed E-state index contributed by atoms with van der Waals surface area (Å²) in [5.74, 6) is 2.43. The molecular formula is C17H27N5O2. The minimum atomic E-state index is 0.304. The summed E-state index contributed by atoms with van der Waals surface area (Å²) in [6.07, 6.45) is 0. The lowest BCUT2D eigenvalue weighted by Gasteiger charge is -2.37. The maximum atomic E-state index is 5.41. The number of likely N-dealkylation sites (N-methyl/N-ethyl adjacent to an activating group) is 2. The number of benzene rings is 1. The molecule has 2 aliphatic rings. The van der Waals surface area contributed by atoms with Crippen LogP contribution in [0.4, 0.5) is 0 Å². The van der Waals surface area contributed by atoms with Gasteiger partial charge in [-0.25, -0.2) is 0 Å². The van der Waals surface area contributed by atoms with Crippen molar-refractivity contribution < 1.29 is 9.47 Å². The van der Waals surface area contributed by atoms with Gasteiger partial charge in [0, 0.05) is 45.8 Å². The second-order valence-corrected chi connectivity index (χ2v) is 6.39. The second kappa shape index (κ2) is 7.72. The lowest BCUT2D eigenvalue weighted by Crippen LogP contribution is -2.55.